The summed E-state index contributed by atoms with van der Waals surface area (Å²) >= 11 is 4.80. The molecule has 1 aliphatic heterocycles. The first-order valence-corrected chi connectivity index (χ1v) is 4.88. The number of hydrogen-bond acceptors (Lipinski definition) is 4. The zero-order valence-electron chi connectivity index (χ0n) is 7.93. The van der Waals surface area contributed by atoms with Gasteiger partial charge in [-0.15, -0.1) is 0 Å². The lowest BCUT2D eigenvalue weighted by Crippen LogP contribution is -2.24. The van der Waals surface area contributed by atoms with E-state index in [2.05, 4.69) is 15.0 Å². The van der Waals surface area contributed by atoms with Crippen molar-refractivity contribution in [3.63, 3.8) is 0 Å². The van der Waals surface area contributed by atoms with Crippen LogP contribution < -0.4 is 5.56 Å². The maximum atomic E-state index is 11.5. The van der Waals surface area contributed by atoms with Crippen LogP contribution in [-0.4, -0.2) is 27.8 Å². The van der Waals surface area contributed by atoms with E-state index in [4.69, 9.17) is 12.2 Å². The van der Waals surface area contributed by atoms with Gasteiger partial charge in [-0.2, -0.15) is 0 Å². The van der Waals surface area contributed by atoms with E-state index in [-0.39, 0.29) is 5.56 Å². The maximum absolute atomic E-state index is 11.5. The normalized spacial score (nSPS) is 14.5. The summed E-state index contributed by atoms with van der Waals surface area (Å²) in [5.74, 6) is 0. The number of nitrogens with one attached hydrogen (secondary N) is 2. The van der Waals surface area contributed by atoms with Crippen LogP contribution in [0.5, 0.6) is 0 Å². The van der Waals surface area contributed by atoms with E-state index >= 15 is 0 Å². The Hall–Kier alpha value is -1.69. The summed E-state index contributed by atoms with van der Waals surface area (Å²) in [6.45, 7) is 1.10. The molecule has 0 saturated carbocycles. The van der Waals surface area contributed by atoms with Crippen molar-refractivity contribution >= 4 is 18.4 Å². The van der Waals surface area contributed by atoms with Crippen molar-refractivity contribution in [2.75, 3.05) is 6.67 Å². The van der Waals surface area contributed by atoms with Gasteiger partial charge in [-0.1, -0.05) is 0 Å². The summed E-state index contributed by atoms with van der Waals surface area (Å²) in [6, 6.07) is 0. The van der Waals surface area contributed by atoms with Gasteiger partial charge in [0.1, 0.15) is 6.67 Å². The van der Waals surface area contributed by atoms with Gasteiger partial charge in [0.05, 0.1) is 12.1 Å². The van der Waals surface area contributed by atoms with Crippen LogP contribution in [0.4, 0.5) is 0 Å². The Morgan fingerprint density at radius 3 is 3.13 bits per heavy atom. The molecule has 0 aromatic carbocycles. The molecule has 5 nitrogen and oxygen atoms in total. The van der Waals surface area contributed by atoms with Gasteiger partial charge in [0.15, 0.2) is 4.77 Å². The third-order valence-corrected chi connectivity index (χ3v) is 2.24. The third-order valence-electron chi connectivity index (χ3n) is 2.02. The Balaban J connectivity index is 2.17. The maximum Gasteiger partial charge on any atom is 0.256 e. The van der Waals surface area contributed by atoms with Crippen molar-refractivity contribution in [1.29, 1.82) is 0 Å². The van der Waals surface area contributed by atoms with Gasteiger partial charge in [0, 0.05) is 18.6 Å². The van der Waals surface area contributed by atoms with Gasteiger partial charge in [0.25, 0.3) is 5.56 Å². The minimum atomic E-state index is -0.151. The lowest BCUT2D eigenvalue weighted by molar-refractivity contribution is 0.377. The molecule has 2 rings (SSSR count). The molecule has 0 atom stereocenters. The number of nitrogens with zero attached hydrogens (tertiary/aromatic N) is 2. The molecule has 1 aromatic rings. The molecule has 6 heteroatoms. The molecule has 0 aliphatic carbocycles. The van der Waals surface area contributed by atoms with Gasteiger partial charge >= 0.3 is 0 Å². The smallest absolute Gasteiger partial charge is 0.256 e. The van der Waals surface area contributed by atoms with Gasteiger partial charge < -0.3 is 9.88 Å². The number of aliphatic imine (C=N–C) groups is 1. The highest BCUT2D eigenvalue weighted by Crippen LogP contribution is 2.01. The first-order valence-electron chi connectivity index (χ1n) is 4.47. The van der Waals surface area contributed by atoms with Crippen LogP contribution in [-0.2, 0) is 6.54 Å². The monoisotopic (exact) mass is 222 g/mol. The summed E-state index contributed by atoms with van der Waals surface area (Å²) in [4.78, 5) is 22.8. The van der Waals surface area contributed by atoms with E-state index in [0.717, 1.165) is 0 Å². The Morgan fingerprint density at radius 1 is 1.60 bits per heavy atom. The molecular formula is C9H10N4OS. The van der Waals surface area contributed by atoms with Crippen LogP contribution in [0, 0.1) is 4.77 Å². The zero-order valence-corrected chi connectivity index (χ0v) is 8.75. The van der Waals surface area contributed by atoms with Crippen molar-refractivity contribution in [3.8, 4) is 0 Å². The molecule has 2 N–H and O–H groups in total. The molecule has 0 unspecified atom stereocenters. The Morgan fingerprint density at radius 2 is 2.47 bits per heavy atom. The summed E-state index contributed by atoms with van der Waals surface area (Å²) in [5.41, 5.74) is 0.493. The van der Waals surface area contributed by atoms with Crippen LogP contribution in [0.3, 0.4) is 0 Å². The van der Waals surface area contributed by atoms with Crippen LogP contribution >= 0.6 is 12.2 Å². The summed E-state index contributed by atoms with van der Waals surface area (Å²) < 4.78 is 0.343. The van der Waals surface area contributed by atoms with Gasteiger partial charge in [-0.25, -0.2) is 0 Å². The first-order chi connectivity index (χ1) is 7.25. The van der Waals surface area contributed by atoms with Crippen molar-refractivity contribution < 1.29 is 0 Å². The molecule has 0 bridgehead atoms. The highest BCUT2D eigenvalue weighted by Gasteiger charge is 2.05. The van der Waals surface area contributed by atoms with E-state index in [1.165, 1.54) is 0 Å². The highest BCUT2D eigenvalue weighted by molar-refractivity contribution is 7.71. The molecule has 1 aromatic heterocycles. The predicted octanol–water partition coefficient (Wildman–Crippen LogP) is 0.790. The van der Waals surface area contributed by atoms with Gasteiger partial charge in [-0.3, -0.25) is 14.8 Å². The molecular weight excluding hydrogens is 212 g/mol. The molecule has 15 heavy (non-hydrogen) atoms. The highest BCUT2D eigenvalue weighted by atomic mass is 32.1. The number of allylic oxidation sites excluding steroid dienone is 1. The summed E-state index contributed by atoms with van der Waals surface area (Å²) in [7, 11) is 0. The third kappa shape index (κ3) is 2.41. The van der Waals surface area contributed by atoms with Crippen LogP contribution in [0.1, 0.15) is 5.56 Å². The van der Waals surface area contributed by atoms with E-state index < -0.39 is 0 Å². The Kier molecular flexibility index (Phi) is 2.77. The van der Waals surface area contributed by atoms with E-state index in [9.17, 15) is 4.79 Å². The van der Waals surface area contributed by atoms with E-state index in [0.29, 0.717) is 23.5 Å². The molecule has 0 amide bonds. The molecule has 0 fully saturated rings. The second kappa shape index (κ2) is 4.22. The lowest BCUT2D eigenvalue weighted by Gasteiger charge is -2.18. The minimum Gasteiger partial charge on any atom is -0.354 e. The van der Waals surface area contributed by atoms with Crippen LogP contribution in [0.25, 0.3) is 0 Å². The van der Waals surface area contributed by atoms with Crippen LogP contribution in [0.2, 0.25) is 0 Å². The first kappa shape index (κ1) is 9.85. The van der Waals surface area contributed by atoms with Crippen molar-refractivity contribution in [1.82, 2.24) is 14.9 Å². The number of hydrogen-bond donors (Lipinski definition) is 2. The zero-order chi connectivity index (χ0) is 10.7. The van der Waals surface area contributed by atoms with Crippen molar-refractivity contribution in [2.45, 2.75) is 6.54 Å². The molecule has 0 saturated heterocycles. The molecule has 0 radical (unpaired) electrons. The Bertz CT molecular complexity index is 513. The number of aromatic nitrogens is 2. The van der Waals surface area contributed by atoms with E-state index in [1.807, 2.05) is 17.2 Å². The van der Waals surface area contributed by atoms with Crippen molar-refractivity contribution in [3.05, 3.63) is 39.2 Å². The largest absolute Gasteiger partial charge is 0.354 e. The fourth-order valence-electron chi connectivity index (χ4n) is 1.30. The number of rotatable bonds is 2. The quantitative estimate of drug-likeness (QED) is 0.727. The van der Waals surface area contributed by atoms with Crippen LogP contribution in [0.15, 0.2) is 28.3 Å². The number of H-pyrrole nitrogens is 2. The lowest BCUT2D eigenvalue weighted by atomic mass is 10.3. The second-order valence-corrected chi connectivity index (χ2v) is 3.57. The van der Waals surface area contributed by atoms with Crippen molar-refractivity contribution in [2.24, 2.45) is 4.99 Å². The summed E-state index contributed by atoms with van der Waals surface area (Å²) in [6.07, 6.45) is 7.10. The predicted molar refractivity (Wildman–Crippen MR) is 60.3 cm³/mol. The Labute approximate surface area is 91.2 Å². The second-order valence-electron chi connectivity index (χ2n) is 3.16. The average Bonchev–Trinajstić information content (AvgIpc) is 2.24. The minimum absolute atomic E-state index is 0.151. The fourth-order valence-corrected chi connectivity index (χ4v) is 1.45. The SMILES string of the molecule is O=c1[nH]c(=S)[nH]cc1CN1C=CC=NC1. The molecule has 0 spiro atoms. The van der Waals surface area contributed by atoms with Gasteiger partial charge in [-0.05, 0) is 18.3 Å². The standard InChI is InChI=1S/C9H10N4OS/c14-8-7(4-11-9(15)12-8)5-13-3-1-2-10-6-13/h1-4H,5-6H2,(H2,11,12,14,15). The number of aromatic amines is 2. The topological polar surface area (TPSA) is 64.2 Å². The molecule has 78 valence electrons. The molecule has 1 aliphatic rings. The molecule has 2 heterocycles. The fraction of sp³-hybridized carbons (Fsp3) is 0.222. The van der Waals surface area contributed by atoms with E-state index in [1.54, 1.807) is 12.4 Å². The van der Waals surface area contributed by atoms with Gasteiger partial charge in [0.2, 0.25) is 0 Å². The average molecular weight is 222 g/mol. The summed E-state index contributed by atoms with van der Waals surface area (Å²) in [5, 5.41) is 0.